The summed E-state index contributed by atoms with van der Waals surface area (Å²) in [6, 6.07) is 12.8. The fourth-order valence-electron chi connectivity index (χ4n) is 1.55. The number of alkyl halides is 3. The Labute approximate surface area is 108 Å². The highest BCUT2D eigenvalue weighted by molar-refractivity contribution is 5.43. The minimum Gasteiger partial charge on any atom is -0.496 e. The lowest BCUT2D eigenvalue weighted by Gasteiger charge is -2.13. The van der Waals surface area contributed by atoms with Crippen molar-refractivity contribution in [3.05, 3.63) is 54.1 Å². The van der Waals surface area contributed by atoms with Crippen molar-refractivity contribution >= 4 is 0 Å². The molecule has 2 aromatic carbocycles. The summed E-state index contributed by atoms with van der Waals surface area (Å²) in [5.74, 6) is 0.303. The van der Waals surface area contributed by atoms with Crippen molar-refractivity contribution in [1.29, 1.82) is 0 Å². The number of methoxy groups -OCH3 is 1. The van der Waals surface area contributed by atoms with E-state index in [0.717, 1.165) is 6.07 Å². The van der Waals surface area contributed by atoms with E-state index in [1.54, 1.807) is 24.3 Å². The molecule has 2 rings (SSSR count). The topological polar surface area (TPSA) is 18.5 Å². The molecule has 0 aromatic heterocycles. The first-order valence-electron chi connectivity index (χ1n) is 5.40. The summed E-state index contributed by atoms with van der Waals surface area (Å²) in [4.78, 5) is 0. The van der Waals surface area contributed by atoms with Gasteiger partial charge in [-0.3, -0.25) is 0 Å². The number of ether oxygens (including phenoxy) is 2. The van der Waals surface area contributed by atoms with Crippen LogP contribution in [0.2, 0.25) is 0 Å². The number of hydrogen-bond donors (Lipinski definition) is 0. The summed E-state index contributed by atoms with van der Waals surface area (Å²) in [5, 5.41) is 0. The highest BCUT2D eigenvalue weighted by Gasteiger charge is 2.34. The molecule has 0 bridgehead atoms. The van der Waals surface area contributed by atoms with E-state index in [9.17, 15) is 13.2 Å². The third kappa shape index (κ3) is 3.19. The van der Waals surface area contributed by atoms with Gasteiger partial charge in [-0.25, -0.2) is 0 Å². The van der Waals surface area contributed by atoms with Crippen molar-refractivity contribution in [3.63, 3.8) is 0 Å². The van der Waals surface area contributed by atoms with Crippen LogP contribution in [-0.2, 0) is 6.18 Å². The monoisotopic (exact) mass is 267 g/mol. The minimum absolute atomic E-state index is 0.0966. The maximum absolute atomic E-state index is 12.8. The largest absolute Gasteiger partial charge is 0.496 e. The van der Waals surface area contributed by atoms with Crippen LogP contribution >= 0.6 is 0 Å². The number of rotatable bonds is 3. The average Bonchev–Trinajstić information content (AvgIpc) is 2.39. The van der Waals surface area contributed by atoms with Gasteiger partial charge in [0.1, 0.15) is 22.8 Å². The van der Waals surface area contributed by atoms with E-state index in [4.69, 9.17) is 9.47 Å². The van der Waals surface area contributed by atoms with Gasteiger partial charge < -0.3 is 9.47 Å². The summed E-state index contributed by atoms with van der Waals surface area (Å²) in [6.45, 7) is 0. The van der Waals surface area contributed by atoms with Gasteiger partial charge in [0.15, 0.2) is 0 Å². The van der Waals surface area contributed by atoms with Crippen LogP contribution in [0.25, 0.3) is 0 Å². The van der Waals surface area contributed by atoms with Crippen LogP contribution in [0.4, 0.5) is 13.2 Å². The fraction of sp³-hybridized carbons (Fsp3) is 0.143. The predicted molar refractivity (Wildman–Crippen MR) is 63.3 cm³/mol. The zero-order chi connectivity index (χ0) is 13.9. The first kappa shape index (κ1) is 13.3. The van der Waals surface area contributed by atoms with Crippen LogP contribution in [0.5, 0.6) is 17.2 Å². The Bertz CT molecular complexity index is 550. The zero-order valence-corrected chi connectivity index (χ0v) is 9.99. The van der Waals surface area contributed by atoms with Crippen molar-refractivity contribution in [2.75, 3.05) is 7.11 Å². The lowest BCUT2D eigenvalue weighted by molar-refractivity contribution is -0.138. The van der Waals surface area contributed by atoms with E-state index in [-0.39, 0.29) is 11.5 Å². The van der Waals surface area contributed by atoms with Crippen LogP contribution in [-0.4, -0.2) is 7.11 Å². The zero-order valence-electron chi connectivity index (χ0n) is 9.99. The molecular formula is C14H10F3O2. The van der Waals surface area contributed by atoms with E-state index in [0.29, 0.717) is 5.75 Å². The Kier molecular flexibility index (Phi) is 3.64. The van der Waals surface area contributed by atoms with Gasteiger partial charge in [-0.2, -0.15) is 13.2 Å². The van der Waals surface area contributed by atoms with Crippen LogP contribution in [0, 0.1) is 6.07 Å². The van der Waals surface area contributed by atoms with Gasteiger partial charge in [0.2, 0.25) is 0 Å². The molecule has 2 nitrogen and oxygen atoms in total. The van der Waals surface area contributed by atoms with Gasteiger partial charge in [-0.05, 0) is 36.4 Å². The minimum atomic E-state index is -4.49. The van der Waals surface area contributed by atoms with Crippen molar-refractivity contribution in [2.24, 2.45) is 0 Å². The van der Waals surface area contributed by atoms with Crippen molar-refractivity contribution in [3.8, 4) is 17.2 Å². The molecule has 99 valence electrons. The van der Waals surface area contributed by atoms with Crippen molar-refractivity contribution in [1.82, 2.24) is 0 Å². The Morgan fingerprint density at radius 2 is 1.68 bits per heavy atom. The molecule has 19 heavy (non-hydrogen) atoms. The second-order valence-electron chi connectivity index (χ2n) is 3.70. The van der Waals surface area contributed by atoms with E-state index in [1.165, 1.54) is 19.2 Å². The normalized spacial score (nSPS) is 11.2. The van der Waals surface area contributed by atoms with Gasteiger partial charge in [0.25, 0.3) is 0 Å². The SMILES string of the molecule is COc1ccc(Oc2cc[c]cc2)cc1C(F)(F)F. The highest BCUT2D eigenvalue weighted by Crippen LogP contribution is 2.39. The van der Waals surface area contributed by atoms with Gasteiger partial charge in [0.05, 0.1) is 7.11 Å². The van der Waals surface area contributed by atoms with Crippen LogP contribution in [0.1, 0.15) is 5.56 Å². The second kappa shape index (κ2) is 5.22. The van der Waals surface area contributed by atoms with Crippen molar-refractivity contribution in [2.45, 2.75) is 6.18 Å². The lowest BCUT2D eigenvalue weighted by atomic mass is 10.2. The second-order valence-corrected chi connectivity index (χ2v) is 3.70. The maximum Gasteiger partial charge on any atom is 0.420 e. The first-order valence-corrected chi connectivity index (χ1v) is 5.40. The Morgan fingerprint density at radius 3 is 2.26 bits per heavy atom. The van der Waals surface area contributed by atoms with Crippen molar-refractivity contribution < 1.29 is 22.6 Å². The summed E-state index contributed by atoms with van der Waals surface area (Å²) in [5.41, 5.74) is -0.866. The summed E-state index contributed by atoms with van der Waals surface area (Å²) in [6.07, 6.45) is -4.49. The molecule has 0 aliphatic carbocycles. The third-order valence-electron chi connectivity index (χ3n) is 2.40. The lowest BCUT2D eigenvalue weighted by Crippen LogP contribution is -2.07. The highest BCUT2D eigenvalue weighted by atomic mass is 19.4. The smallest absolute Gasteiger partial charge is 0.420 e. The molecule has 0 saturated carbocycles. The molecule has 0 aliphatic rings. The molecular weight excluding hydrogens is 257 g/mol. The molecule has 0 atom stereocenters. The van der Waals surface area contributed by atoms with Gasteiger partial charge in [0, 0.05) is 0 Å². The molecule has 0 N–H and O–H groups in total. The Balaban J connectivity index is 2.33. The summed E-state index contributed by atoms with van der Waals surface area (Å²) < 4.78 is 48.5. The standard InChI is InChI=1S/C14H10F3O2/c1-18-13-8-7-11(9-12(13)14(15,16)17)19-10-5-3-2-4-6-10/h3-9H,1H3. The molecule has 0 amide bonds. The average molecular weight is 267 g/mol. The molecule has 0 fully saturated rings. The Morgan fingerprint density at radius 1 is 1.00 bits per heavy atom. The van der Waals surface area contributed by atoms with Crippen LogP contribution < -0.4 is 9.47 Å². The van der Waals surface area contributed by atoms with E-state index in [2.05, 4.69) is 6.07 Å². The van der Waals surface area contributed by atoms with E-state index < -0.39 is 11.7 Å². The molecule has 0 spiro atoms. The molecule has 0 unspecified atom stereocenters. The quantitative estimate of drug-likeness (QED) is 0.825. The molecule has 0 heterocycles. The fourth-order valence-corrected chi connectivity index (χ4v) is 1.55. The third-order valence-corrected chi connectivity index (χ3v) is 2.40. The van der Waals surface area contributed by atoms with E-state index in [1.807, 2.05) is 0 Å². The Hall–Kier alpha value is -2.17. The van der Waals surface area contributed by atoms with Gasteiger partial charge >= 0.3 is 6.18 Å². The maximum atomic E-state index is 12.8. The predicted octanol–water partition coefficient (Wildman–Crippen LogP) is 4.31. The molecule has 0 saturated heterocycles. The molecule has 1 radical (unpaired) electrons. The van der Waals surface area contributed by atoms with Gasteiger partial charge in [-0.15, -0.1) is 0 Å². The number of benzene rings is 2. The number of hydrogen-bond acceptors (Lipinski definition) is 2. The first-order chi connectivity index (χ1) is 9.00. The summed E-state index contributed by atoms with van der Waals surface area (Å²) >= 11 is 0. The molecule has 0 aliphatic heterocycles. The van der Waals surface area contributed by atoms with E-state index >= 15 is 0 Å². The van der Waals surface area contributed by atoms with Gasteiger partial charge in [-0.1, -0.05) is 12.1 Å². The summed E-state index contributed by atoms with van der Waals surface area (Å²) in [7, 11) is 1.19. The molecule has 5 heteroatoms. The number of halogens is 3. The molecule has 2 aromatic rings. The van der Waals surface area contributed by atoms with Crippen LogP contribution in [0.3, 0.4) is 0 Å². The van der Waals surface area contributed by atoms with Crippen LogP contribution in [0.15, 0.2) is 42.5 Å².